The van der Waals surface area contributed by atoms with E-state index in [0.717, 1.165) is 0 Å². The molecule has 0 saturated carbocycles. The lowest BCUT2D eigenvalue weighted by molar-refractivity contribution is -0.137. The molecule has 12 heavy (non-hydrogen) atoms. The Morgan fingerprint density at radius 3 is 2.67 bits per heavy atom. The zero-order chi connectivity index (χ0) is 9.14. The van der Waals surface area contributed by atoms with Crippen molar-refractivity contribution in [3.05, 3.63) is 23.6 Å². The van der Waals surface area contributed by atoms with Gasteiger partial charge in [0, 0.05) is 5.57 Å². The number of nitrogens with two attached hydrogens (primary N) is 1. The Bertz CT molecular complexity index is 258. The molecule has 0 aromatic rings. The Morgan fingerprint density at radius 1 is 1.58 bits per heavy atom. The van der Waals surface area contributed by atoms with E-state index in [2.05, 4.69) is 0 Å². The SMILES string of the molecule is NC(C(=O)O)C1=CCCC=C1F. The summed E-state index contributed by atoms with van der Waals surface area (Å²) in [5, 5.41) is 8.49. The Balaban J connectivity index is 2.80. The van der Waals surface area contributed by atoms with E-state index in [-0.39, 0.29) is 5.57 Å². The predicted octanol–water partition coefficient (Wildman–Crippen LogP) is 0.972. The number of carboxylic acid groups (broad SMARTS) is 1. The first-order valence-corrected chi connectivity index (χ1v) is 3.67. The Morgan fingerprint density at radius 2 is 2.17 bits per heavy atom. The van der Waals surface area contributed by atoms with Crippen LogP contribution < -0.4 is 5.73 Å². The molecule has 0 bridgehead atoms. The number of carboxylic acids is 1. The van der Waals surface area contributed by atoms with Gasteiger partial charge in [-0.3, -0.25) is 4.79 Å². The molecule has 1 unspecified atom stereocenters. The summed E-state index contributed by atoms with van der Waals surface area (Å²) in [5.41, 5.74) is 5.32. The van der Waals surface area contributed by atoms with Gasteiger partial charge in [-0.05, 0) is 18.9 Å². The van der Waals surface area contributed by atoms with E-state index in [9.17, 15) is 9.18 Å². The summed E-state index contributed by atoms with van der Waals surface area (Å²) < 4.78 is 12.9. The van der Waals surface area contributed by atoms with Crippen LogP contribution in [0.25, 0.3) is 0 Å². The molecule has 1 aliphatic rings. The predicted molar refractivity (Wildman–Crippen MR) is 42.1 cm³/mol. The maximum Gasteiger partial charge on any atom is 0.325 e. The first kappa shape index (κ1) is 8.93. The van der Waals surface area contributed by atoms with Crippen LogP contribution in [0.5, 0.6) is 0 Å². The molecule has 3 N–H and O–H groups in total. The van der Waals surface area contributed by atoms with Gasteiger partial charge in [0.15, 0.2) is 0 Å². The van der Waals surface area contributed by atoms with E-state index in [1.54, 1.807) is 0 Å². The summed E-state index contributed by atoms with van der Waals surface area (Å²) >= 11 is 0. The minimum absolute atomic E-state index is 0.0914. The largest absolute Gasteiger partial charge is 0.480 e. The molecule has 0 saturated heterocycles. The summed E-state index contributed by atoms with van der Waals surface area (Å²) in [5.74, 6) is -1.71. The summed E-state index contributed by atoms with van der Waals surface area (Å²) in [7, 11) is 0. The maximum absolute atomic E-state index is 12.9. The molecule has 3 nitrogen and oxygen atoms in total. The molecule has 0 amide bonds. The number of hydrogen-bond acceptors (Lipinski definition) is 2. The number of allylic oxidation sites excluding steroid dienone is 2. The van der Waals surface area contributed by atoms with Gasteiger partial charge in [-0.2, -0.15) is 0 Å². The van der Waals surface area contributed by atoms with Gasteiger partial charge in [0.2, 0.25) is 0 Å². The molecule has 0 spiro atoms. The first-order chi connectivity index (χ1) is 5.63. The van der Waals surface area contributed by atoms with Crippen molar-refractivity contribution < 1.29 is 14.3 Å². The van der Waals surface area contributed by atoms with E-state index in [1.165, 1.54) is 12.2 Å². The van der Waals surface area contributed by atoms with Crippen molar-refractivity contribution >= 4 is 5.97 Å². The van der Waals surface area contributed by atoms with Gasteiger partial charge < -0.3 is 10.8 Å². The van der Waals surface area contributed by atoms with Crippen LogP contribution in [0, 0.1) is 0 Å². The average molecular weight is 171 g/mol. The van der Waals surface area contributed by atoms with Crippen molar-refractivity contribution in [1.29, 1.82) is 0 Å². The van der Waals surface area contributed by atoms with Gasteiger partial charge in [-0.15, -0.1) is 0 Å². The summed E-state index contributed by atoms with van der Waals surface area (Å²) in [4.78, 5) is 10.4. The highest BCUT2D eigenvalue weighted by molar-refractivity contribution is 5.78. The lowest BCUT2D eigenvalue weighted by Gasteiger charge is -2.12. The number of halogens is 1. The number of carbonyl (C=O) groups is 1. The second-order valence-corrected chi connectivity index (χ2v) is 2.60. The maximum atomic E-state index is 12.9. The van der Waals surface area contributed by atoms with Gasteiger partial charge in [-0.1, -0.05) is 6.08 Å². The van der Waals surface area contributed by atoms with E-state index >= 15 is 0 Å². The fourth-order valence-electron chi connectivity index (χ4n) is 1.07. The molecule has 66 valence electrons. The molecule has 1 atom stereocenters. The fraction of sp³-hybridized carbons (Fsp3) is 0.375. The molecule has 0 aromatic heterocycles. The van der Waals surface area contributed by atoms with Crippen molar-refractivity contribution in [3.8, 4) is 0 Å². The van der Waals surface area contributed by atoms with Crippen LogP contribution in [0.1, 0.15) is 12.8 Å². The van der Waals surface area contributed by atoms with Crippen molar-refractivity contribution in [3.63, 3.8) is 0 Å². The molecule has 4 heteroatoms. The third kappa shape index (κ3) is 1.71. The lowest BCUT2D eigenvalue weighted by Crippen LogP contribution is -2.32. The van der Waals surface area contributed by atoms with Crippen LogP contribution >= 0.6 is 0 Å². The first-order valence-electron chi connectivity index (χ1n) is 3.67. The highest BCUT2D eigenvalue weighted by Crippen LogP contribution is 2.21. The number of hydrogen-bond donors (Lipinski definition) is 2. The van der Waals surface area contributed by atoms with Crippen LogP contribution in [-0.4, -0.2) is 17.1 Å². The molecule has 0 heterocycles. The molecular formula is C8H10FNO2. The van der Waals surface area contributed by atoms with Crippen LogP contribution in [0.2, 0.25) is 0 Å². The summed E-state index contributed by atoms with van der Waals surface area (Å²) in [6.07, 6.45) is 4.16. The van der Waals surface area contributed by atoms with Gasteiger partial charge >= 0.3 is 5.97 Å². The second kappa shape index (κ2) is 3.49. The quantitative estimate of drug-likeness (QED) is 0.650. The Kier molecular flexibility index (Phi) is 2.60. The number of rotatable bonds is 2. The zero-order valence-electron chi connectivity index (χ0n) is 6.46. The Labute approximate surface area is 69.4 Å². The third-order valence-electron chi connectivity index (χ3n) is 1.73. The minimum Gasteiger partial charge on any atom is -0.480 e. The van der Waals surface area contributed by atoms with Gasteiger partial charge in [-0.25, -0.2) is 4.39 Å². The zero-order valence-corrected chi connectivity index (χ0v) is 6.46. The van der Waals surface area contributed by atoms with Crippen LogP contribution in [0.15, 0.2) is 23.6 Å². The topological polar surface area (TPSA) is 63.3 Å². The smallest absolute Gasteiger partial charge is 0.325 e. The summed E-state index contributed by atoms with van der Waals surface area (Å²) in [6.45, 7) is 0. The Hall–Kier alpha value is -1.16. The molecular weight excluding hydrogens is 161 g/mol. The van der Waals surface area contributed by atoms with Crippen molar-refractivity contribution in [2.75, 3.05) is 0 Å². The van der Waals surface area contributed by atoms with Crippen LogP contribution in [0.3, 0.4) is 0 Å². The van der Waals surface area contributed by atoms with Crippen molar-refractivity contribution in [1.82, 2.24) is 0 Å². The van der Waals surface area contributed by atoms with E-state index in [0.29, 0.717) is 12.8 Å². The molecule has 0 radical (unpaired) electrons. The van der Waals surface area contributed by atoms with Crippen molar-refractivity contribution in [2.24, 2.45) is 5.73 Å². The normalized spacial score (nSPS) is 19.5. The number of aliphatic carboxylic acids is 1. The van der Waals surface area contributed by atoms with Gasteiger partial charge in [0.05, 0.1) is 0 Å². The average Bonchev–Trinajstić information content (AvgIpc) is 2.04. The third-order valence-corrected chi connectivity index (χ3v) is 1.73. The van der Waals surface area contributed by atoms with Crippen LogP contribution in [-0.2, 0) is 4.79 Å². The lowest BCUT2D eigenvalue weighted by atomic mass is 10.00. The van der Waals surface area contributed by atoms with E-state index in [4.69, 9.17) is 10.8 Å². The highest BCUT2D eigenvalue weighted by Gasteiger charge is 2.21. The standard InChI is InChI=1S/C8H10FNO2/c9-6-4-2-1-3-5(6)7(10)8(11)12/h3-4,7H,1-2,10H2,(H,11,12). The summed E-state index contributed by atoms with van der Waals surface area (Å²) in [6, 6.07) is -1.23. The second-order valence-electron chi connectivity index (χ2n) is 2.60. The molecule has 0 aliphatic heterocycles. The van der Waals surface area contributed by atoms with Crippen molar-refractivity contribution in [2.45, 2.75) is 18.9 Å². The van der Waals surface area contributed by atoms with Gasteiger partial charge in [0.25, 0.3) is 0 Å². The van der Waals surface area contributed by atoms with Crippen LogP contribution in [0.4, 0.5) is 4.39 Å². The van der Waals surface area contributed by atoms with E-state index in [1.807, 2.05) is 0 Å². The molecule has 1 rings (SSSR count). The minimum atomic E-state index is -1.23. The highest BCUT2D eigenvalue weighted by atomic mass is 19.1. The van der Waals surface area contributed by atoms with E-state index < -0.39 is 17.8 Å². The molecule has 1 aliphatic carbocycles. The van der Waals surface area contributed by atoms with Gasteiger partial charge in [0.1, 0.15) is 11.9 Å². The fourth-order valence-corrected chi connectivity index (χ4v) is 1.07. The monoisotopic (exact) mass is 171 g/mol. The molecule has 0 fully saturated rings. The molecule has 0 aromatic carbocycles.